The third-order valence-corrected chi connectivity index (χ3v) is 4.02. The van der Waals surface area contributed by atoms with Crippen molar-refractivity contribution in [1.29, 1.82) is 0 Å². The van der Waals surface area contributed by atoms with E-state index in [0.717, 1.165) is 11.3 Å². The predicted octanol–water partition coefficient (Wildman–Crippen LogP) is 3.80. The van der Waals surface area contributed by atoms with Crippen LogP contribution in [0.2, 0.25) is 0 Å². The Labute approximate surface area is 124 Å². The van der Waals surface area contributed by atoms with Crippen LogP contribution in [0, 0.1) is 5.92 Å². The fraction of sp³-hybridized carbons (Fsp3) is 0.625. The van der Waals surface area contributed by atoms with E-state index in [1.165, 1.54) is 0 Å². The van der Waals surface area contributed by atoms with Crippen molar-refractivity contribution in [1.82, 2.24) is 5.43 Å². The highest BCUT2D eigenvalue weighted by atomic mass is 19.3. The van der Waals surface area contributed by atoms with Gasteiger partial charge in [0.25, 0.3) is 0 Å². The van der Waals surface area contributed by atoms with Crippen LogP contribution in [0.25, 0.3) is 0 Å². The molecule has 3 N–H and O–H groups in total. The van der Waals surface area contributed by atoms with Gasteiger partial charge >= 0.3 is 0 Å². The zero-order valence-corrected chi connectivity index (χ0v) is 12.6. The van der Waals surface area contributed by atoms with Gasteiger partial charge in [-0.1, -0.05) is 12.1 Å². The summed E-state index contributed by atoms with van der Waals surface area (Å²) >= 11 is 0. The minimum Gasteiger partial charge on any atom is -0.491 e. The molecule has 1 unspecified atom stereocenters. The number of rotatable bonds is 5. The van der Waals surface area contributed by atoms with E-state index >= 15 is 0 Å². The van der Waals surface area contributed by atoms with E-state index in [-0.39, 0.29) is 30.9 Å². The molecule has 2 rings (SSSR count). The summed E-state index contributed by atoms with van der Waals surface area (Å²) in [7, 11) is 0. The second-order valence-electron chi connectivity index (χ2n) is 6.07. The molecule has 1 aromatic rings. The Bertz CT molecular complexity index is 438. The Morgan fingerprint density at radius 1 is 1.19 bits per heavy atom. The molecule has 0 aromatic heterocycles. The minimum atomic E-state index is -2.51. The fourth-order valence-electron chi connectivity index (χ4n) is 2.93. The van der Waals surface area contributed by atoms with Gasteiger partial charge in [0.2, 0.25) is 5.92 Å². The lowest BCUT2D eigenvalue weighted by molar-refractivity contribution is -0.0497. The predicted molar refractivity (Wildman–Crippen MR) is 79.2 cm³/mol. The molecule has 1 fully saturated rings. The van der Waals surface area contributed by atoms with Crippen molar-refractivity contribution >= 4 is 0 Å². The number of benzene rings is 1. The SMILES string of the molecule is CC(C)Oc1ccc(C(NN)C2CCC(F)(F)CC2)cc1. The van der Waals surface area contributed by atoms with Gasteiger partial charge in [-0.2, -0.15) is 0 Å². The molecule has 0 heterocycles. The van der Waals surface area contributed by atoms with Crippen LogP contribution in [0.3, 0.4) is 0 Å². The summed E-state index contributed by atoms with van der Waals surface area (Å²) in [6, 6.07) is 7.62. The summed E-state index contributed by atoms with van der Waals surface area (Å²) in [5, 5.41) is 0. The third-order valence-electron chi connectivity index (χ3n) is 4.02. The van der Waals surface area contributed by atoms with Gasteiger partial charge < -0.3 is 4.74 Å². The van der Waals surface area contributed by atoms with Crippen molar-refractivity contribution in [2.75, 3.05) is 0 Å². The summed E-state index contributed by atoms with van der Waals surface area (Å²) in [6.07, 6.45) is 1.01. The van der Waals surface area contributed by atoms with Gasteiger partial charge in [0, 0.05) is 18.9 Å². The molecule has 118 valence electrons. The van der Waals surface area contributed by atoms with Crippen molar-refractivity contribution in [2.45, 2.75) is 57.6 Å². The molecule has 21 heavy (non-hydrogen) atoms. The maximum atomic E-state index is 13.3. The van der Waals surface area contributed by atoms with Crippen LogP contribution in [-0.4, -0.2) is 12.0 Å². The lowest BCUT2D eigenvalue weighted by atomic mass is 9.80. The molecule has 0 spiro atoms. The van der Waals surface area contributed by atoms with Gasteiger partial charge in [0.15, 0.2) is 0 Å². The average molecular weight is 298 g/mol. The number of ether oxygens (including phenoxy) is 1. The Morgan fingerprint density at radius 2 is 1.76 bits per heavy atom. The molecule has 1 saturated carbocycles. The largest absolute Gasteiger partial charge is 0.491 e. The number of nitrogens with one attached hydrogen (secondary N) is 1. The topological polar surface area (TPSA) is 47.3 Å². The summed E-state index contributed by atoms with van der Waals surface area (Å²) in [5.41, 5.74) is 3.81. The van der Waals surface area contributed by atoms with Crippen LogP contribution < -0.4 is 16.0 Å². The fourth-order valence-corrected chi connectivity index (χ4v) is 2.93. The first-order valence-corrected chi connectivity index (χ1v) is 7.52. The van der Waals surface area contributed by atoms with Crippen LogP contribution in [-0.2, 0) is 0 Å². The number of hydrogen-bond acceptors (Lipinski definition) is 3. The van der Waals surface area contributed by atoms with Crippen LogP contribution in [0.1, 0.15) is 51.1 Å². The highest BCUT2D eigenvalue weighted by Crippen LogP contribution is 2.41. The Kier molecular flexibility index (Phi) is 5.17. The second-order valence-corrected chi connectivity index (χ2v) is 6.07. The van der Waals surface area contributed by atoms with Gasteiger partial charge in [0.1, 0.15) is 5.75 Å². The van der Waals surface area contributed by atoms with Gasteiger partial charge in [-0.15, -0.1) is 0 Å². The number of hydrazine groups is 1. The summed E-state index contributed by atoms with van der Waals surface area (Å²) < 4.78 is 32.1. The Morgan fingerprint density at radius 3 is 2.24 bits per heavy atom. The van der Waals surface area contributed by atoms with Crippen LogP contribution in [0.15, 0.2) is 24.3 Å². The molecular weight excluding hydrogens is 274 g/mol. The monoisotopic (exact) mass is 298 g/mol. The molecule has 1 aromatic carbocycles. The molecule has 1 aliphatic carbocycles. The molecule has 1 atom stereocenters. The molecule has 0 saturated heterocycles. The van der Waals surface area contributed by atoms with E-state index in [0.29, 0.717) is 12.8 Å². The quantitative estimate of drug-likeness (QED) is 0.642. The van der Waals surface area contributed by atoms with E-state index in [1.54, 1.807) is 0 Å². The first-order valence-electron chi connectivity index (χ1n) is 7.52. The summed E-state index contributed by atoms with van der Waals surface area (Å²) in [6.45, 7) is 3.95. The summed E-state index contributed by atoms with van der Waals surface area (Å²) in [5.74, 6) is 4.09. The van der Waals surface area contributed by atoms with Gasteiger partial charge in [-0.3, -0.25) is 11.3 Å². The van der Waals surface area contributed by atoms with E-state index in [9.17, 15) is 8.78 Å². The smallest absolute Gasteiger partial charge is 0.248 e. The van der Waals surface area contributed by atoms with Crippen LogP contribution in [0.5, 0.6) is 5.75 Å². The Hall–Kier alpha value is -1.20. The minimum absolute atomic E-state index is 0.0512. The van der Waals surface area contributed by atoms with Crippen molar-refractivity contribution in [3.63, 3.8) is 0 Å². The maximum absolute atomic E-state index is 13.3. The first kappa shape index (κ1) is 16.2. The number of alkyl halides is 2. The third kappa shape index (κ3) is 4.38. The van der Waals surface area contributed by atoms with Crippen LogP contribution in [0.4, 0.5) is 8.78 Å². The molecule has 0 bridgehead atoms. The normalized spacial score (nSPS) is 20.5. The second kappa shape index (κ2) is 6.71. The van der Waals surface area contributed by atoms with E-state index in [1.807, 2.05) is 38.1 Å². The zero-order valence-electron chi connectivity index (χ0n) is 12.6. The van der Waals surface area contributed by atoms with Gasteiger partial charge in [-0.25, -0.2) is 8.78 Å². The summed E-state index contributed by atoms with van der Waals surface area (Å²) in [4.78, 5) is 0. The standard InChI is InChI=1S/C16H24F2N2O/c1-11(2)21-14-5-3-12(4-6-14)15(20-19)13-7-9-16(17,18)10-8-13/h3-6,11,13,15,20H,7-10,19H2,1-2H3. The average Bonchev–Trinajstić information content (AvgIpc) is 2.42. The maximum Gasteiger partial charge on any atom is 0.248 e. The number of nitrogens with two attached hydrogens (primary N) is 1. The highest BCUT2D eigenvalue weighted by molar-refractivity contribution is 5.29. The molecular formula is C16H24F2N2O. The molecule has 0 radical (unpaired) electrons. The first-order chi connectivity index (χ1) is 9.91. The highest BCUT2D eigenvalue weighted by Gasteiger charge is 2.37. The van der Waals surface area contributed by atoms with E-state index < -0.39 is 5.92 Å². The molecule has 0 amide bonds. The number of hydrogen-bond donors (Lipinski definition) is 2. The van der Waals surface area contributed by atoms with Crippen LogP contribution >= 0.6 is 0 Å². The van der Waals surface area contributed by atoms with Crippen molar-refractivity contribution in [3.8, 4) is 5.75 Å². The van der Waals surface area contributed by atoms with Crippen molar-refractivity contribution in [2.24, 2.45) is 11.8 Å². The lowest BCUT2D eigenvalue weighted by Gasteiger charge is -2.33. The lowest BCUT2D eigenvalue weighted by Crippen LogP contribution is -2.37. The molecule has 3 nitrogen and oxygen atoms in total. The van der Waals surface area contributed by atoms with E-state index in [2.05, 4.69) is 5.43 Å². The van der Waals surface area contributed by atoms with Gasteiger partial charge in [0.05, 0.1) is 6.10 Å². The molecule has 1 aliphatic rings. The zero-order chi connectivity index (χ0) is 15.5. The molecule has 0 aliphatic heterocycles. The van der Waals surface area contributed by atoms with Crippen molar-refractivity contribution < 1.29 is 13.5 Å². The molecule has 5 heteroatoms. The number of halogens is 2. The van der Waals surface area contributed by atoms with Gasteiger partial charge in [-0.05, 0) is 50.3 Å². The Balaban J connectivity index is 2.04. The van der Waals surface area contributed by atoms with Crippen molar-refractivity contribution in [3.05, 3.63) is 29.8 Å². The van der Waals surface area contributed by atoms with E-state index in [4.69, 9.17) is 10.6 Å².